The van der Waals surface area contributed by atoms with Gasteiger partial charge in [-0.05, 0) is 0 Å². The topological polar surface area (TPSA) is 112 Å². The highest BCUT2D eigenvalue weighted by atomic mass is 19.2. The molecule has 2 N–H and O–H groups in total. The van der Waals surface area contributed by atoms with Crippen molar-refractivity contribution in [1.82, 2.24) is 4.90 Å². The second-order valence-electron chi connectivity index (χ2n) is 5.91. The fourth-order valence-corrected chi connectivity index (χ4v) is 2.99. The number of amides is 2. The quantitative estimate of drug-likeness (QED) is 0.438. The minimum absolute atomic E-state index is 0.170. The lowest BCUT2D eigenvalue weighted by Crippen LogP contribution is -2.24. The average Bonchev–Trinajstić information content (AvgIpc) is 2.89. The van der Waals surface area contributed by atoms with Gasteiger partial charge in [0.1, 0.15) is 22.8 Å². The molecule has 1 aliphatic rings. The summed E-state index contributed by atoms with van der Waals surface area (Å²) in [5.74, 6) is -22.2. The minimum Gasteiger partial charge on any atom is -0.478 e. The molecule has 1 aliphatic heterocycles. The lowest BCUT2D eigenvalue weighted by Gasteiger charge is -2.15. The molecule has 3 rings (SSSR count). The normalized spacial score (nSPS) is 13.1. The molecule has 1 heterocycles. The number of aromatic carboxylic acids is 2. The van der Waals surface area contributed by atoms with Gasteiger partial charge in [0.15, 0.2) is 23.3 Å². The summed E-state index contributed by atoms with van der Waals surface area (Å²) in [7, 11) is 0.770. The zero-order valence-electron chi connectivity index (χ0n) is 14.2. The van der Waals surface area contributed by atoms with E-state index in [1.165, 1.54) is 0 Å². The van der Waals surface area contributed by atoms with Crippen molar-refractivity contribution in [3.8, 4) is 11.1 Å². The van der Waals surface area contributed by atoms with Gasteiger partial charge in [-0.3, -0.25) is 14.5 Å². The molecule has 0 atom stereocenters. The van der Waals surface area contributed by atoms with Crippen molar-refractivity contribution in [3.05, 3.63) is 57.2 Å². The highest BCUT2D eigenvalue weighted by molar-refractivity contribution is 6.22. The molecule has 156 valence electrons. The summed E-state index contributed by atoms with van der Waals surface area (Å²) in [6, 6.07) is 0. The summed E-state index contributed by atoms with van der Waals surface area (Å²) < 4.78 is 87.0. The predicted molar refractivity (Wildman–Crippen MR) is 82.0 cm³/mol. The van der Waals surface area contributed by atoms with Gasteiger partial charge in [-0.2, -0.15) is 0 Å². The Hall–Kier alpha value is -3.90. The van der Waals surface area contributed by atoms with Gasteiger partial charge in [-0.15, -0.1) is 0 Å². The third-order valence-electron chi connectivity index (χ3n) is 4.36. The van der Waals surface area contributed by atoms with Gasteiger partial charge in [0.25, 0.3) is 11.8 Å². The van der Waals surface area contributed by atoms with Crippen molar-refractivity contribution in [3.63, 3.8) is 0 Å². The van der Waals surface area contributed by atoms with Gasteiger partial charge < -0.3 is 10.2 Å². The molecule has 0 unspecified atom stereocenters. The van der Waals surface area contributed by atoms with Gasteiger partial charge in [-0.1, -0.05) is 0 Å². The van der Waals surface area contributed by atoms with E-state index >= 15 is 0 Å². The first-order chi connectivity index (χ1) is 13.8. The van der Waals surface area contributed by atoms with Crippen molar-refractivity contribution >= 4 is 23.8 Å². The number of benzene rings is 2. The van der Waals surface area contributed by atoms with E-state index in [2.05, 4.69) is 0 Å². The second kappa shape index (κ2) is 6.57. The van der Waals surface area contributed by atoms with Crippen molar-refractivity contribution in [2.75, 3.05) is 7.05 Å². The molecule has 0 aromatic heterocycles. The van der Waals surface area contributed by atoms with Crippen LogP contribution in [0.4, 0.5) is 26.3 Å². The highest BCUT2D eigenvalue weighted by Crippen LogP contribution is 2.40. The highest BCUT2D eigenvalue weighted by Gasteiger charge is 2.44. The van der Waals surface area contributed by atoms with Gasteiger partial charge in [-0.25, -0.2) is 35.9 Å². The zero-order valence-corrected chi connectivity index (χ0v) is 14.2. The van der Waals surface area contributed by atoms with E-state index in [0.29, 0.717) is 0 Å². The van der Waals surface area contributed by atoms with Crippen LogP contribution >= 0.6 is 0 Å². The molecule has 0 saturated carbocycles. The molecule has 13 heteroatoms. The van der Waals surface area contributed by atoms with Crippen LogP contribution in [0.15, 0.2) is 0 Å². The van der Waals surface area contributed by atoms with E-state index in [9.17, 15) is 45.5 Å². The number of carbonyl (C=O) groups is 4. The van der Waals surface area contributed by atoms with Crippen molar-refractivity contribution in [1.29, 1.82) is 0 Å². The lowest BCUT2D eigenvalue weighted by atomic mass is 9.93. The van der Waals surface area contributed by atoms with Crippen LogP contribution in [0.25, 0.3) is 11.1 Å². The van der Waals surface area contributed by atoms with Gasteiger partial charge in [0.2, 0.25) is 0 Å². The number of nitrogens with zero attached hydrogens (tertiary/aromatic N) is 1. The first-order valence-electron chi connectivity index (χ1n) is 7.54. The SMILES string of the molecule is CN1C(=O)c2c(F)c(F)c(-c3c(F)c(F)c(C(=O)O)c(C(=O)O)c3F)c(F)c2C1=O. The van der Waals surface area contributed by atoms with Crippen molar-refractivity contribution in [2.24, 2.45) is 0 Å². The number of hydrogen-bond donors (Lipinski definition) is 2. The fraction of sp³-hybridized carbons (Fsp3) is 0.0588. The molecular formula is C17H5F6NO6. The molecule has 0 bridgehead atoms. The maximum Gasteiger partial charge on any atom is 0.339 e. The molecular weight excluding hydrogens is 428 g/mol. The average molecular weight is 433 g/mol. The Balaban J connectivity index is 2.55. The van der Waals surface area contributed by atoms with Crippen LogP contribution in [0.3, 0.4) is 0 Å². The Bertz CT molecular complexity index is 1220. The Labute approximate surface area is 160 Å². The number of carboxylic acid groups (broad SMARTS) is 2. The largest absolute Gasteiger partial charge is 0.478 e. The van der Waals surface area contributed by atoms with Crippen LogP contribution in [-0.4, -0.2) is 45.9 Å². The standard InChI is InChI=1S/C17H5F6NO6/c1-24-14(25)4-5(15(24)26)12(22)10(20)2(8(4)18)3-9(19)6(16(27)28)7(17(29)30)13(23)11(3)21/h1H3,(H,27,28)(H,29,30). The third-order valence-corrected chi connectivity index (χ3v) is 4.36. The first-order valence-corrected chi connectivity index (χ1v) is 7.54. The van der Waals surface area contributed by atoms with E-state index in [1.807, 2.05) is 0 Å². The predicted octanol–water partition coefficient (Wildman–Crippen LogP) is 2.81. The summed E-state index contributed by atoms with van der Waals surface area (Å²) >= 11 is 0. The maximum atomic E-state index is 14.9. The number of carbonyl (C=O) groups excluding carboxylic acids is 2. The summed E-state index contributed by atoms with van der Waals surface area (Å²) in [5.41, 5.74) is -10.9. The van der Waals surface area contributed by atoms with Crippen LogP contribution in [-0.2, 0) is 0 Å². The number of hydrogen-bond acceptors (Lipinski definition) is 4. The lowest BCUT2D eigenvalue weighted by molar-refractivity contribution is 0.0641. The Kier molecular flexibility index (Phi) is 4.56. The smallest absolute Gasteiger partial charge is 0.339 e. The molecule has 7 nitrogen and oxygen atoms in total. The summed E-state index contributed by atoms with van der Waals surface area (Å²) in [5, 5.41) is 17.8. The van der Waals surface area contributed by atoms with E-state index < -0.39 is 92.0 Å². The minimum atomic E-state index is -2.56. The van der Waals surface area contributed by atoms with Crippen LogP contribution in [0, 0.1) is 34.9 Å². The van der Waals surface area contributed by atoms with E-state index in [0.717, 1.165) is 7.05 Å². The summed E-state index contributed by atoms with van der Waals surface area (Å²) in [4.78, 5) is 46.2. The Morgan fingerprint density at radius 3 is 1.40 bits per heavy atom. The molecule has 2 aromatic carbocycles. The van der Waals surface area contributed by atoms with Crippen LogP contribution in [0.5, 0.6) is 0 Å². The number of imide groups is 1. The number of rotatable bonds is 3. The van der Waals surface area contributed by atoms with Gasteiger partial charge in [0.05, 0.1) is 22.3 Å². The molecule has 30 heavy (non-hydrogen) atoms. The number of halogens is 6. The van der Waals surface area contributed by atoms with E-state index in [-0.39, 0.29) is 4.90 Å². The summed E-state index contributed by atoms with van der Waals surface area (Å²) in [6.45, 7) is 0. The monoisotopic (exact) mass is 433 g/mol. The maximum absolute atomic E-state index is 14.9. The molecule has 2 amide bonds. The van der Waals surface area contributed by atoms with Gasteiger partial charge in [0, 0.05) is 7.05 Å². The fourth-order valence-electron chi connectivity index (χ4n) is 2.99. The van der Waals surface area contributed by atoms with Gasteiger partial charge >= 0.3 is 11.9 Å². The molecule has 0 aliphatic carbocycles. The number of fused-ring (bicyclic) bond motifs is 1. The van der Waals surface area contributed by atoms with E-state index in [1.54, 1.807) is 0 Å². The molecule has 2 aromatic rings. The van der Waals surface area contributed by atoms with E-state index in [4.69, 9.17) is 10.2 Å². The van der Waals surface area contributed by atoms with Crippen LogP contribution in [0.2, 0.25) is 0 Å². The molecule has 0 spiro atoms. The first kappa shape index (κ1) is 20.8. The van der Waals surface area contributed by atoms with Crippen molar-refractivity contribution < 1.29 is 55.7 Å². The Morgan fingerprint density at radius 2 is 0.933 bits per heavy atom. The molecule has 0 saturated heterocycles. The molecule has 0 fully saturated rings. The van der Waals surface area contributed by atoms with Crippen LogP contribution in [0.1, 0.15) is 41.4 Å². The zero-order chi connectivity index (χ0) is 22.8. The molecule has 0 radical (unpaired) electrons. The second-order valence-corrected chi connectivity index (χ2v) is 5.91. The summed E-state index contributed by atoms with van der Waals surface area (Å²) in [6.07, 6.45) is 0. The Morgan fingerprint density at radius 1 is 0.600 bits per heavy atom. The van der Waals surface area contributed by atoms with Crippen LogP contribution < -0.4 is 0 Å². The third kappa shape index (κ3) is 2.47. The number of carboxylic acids is 2. The van der Waals surface area contributed by atoms with Crippen molar-refractivity contribution in [2.45, 2.75) is 0 Å².